The third-order valence-electron chi connectivity index (χ3n) is 1.50. The van der Waals surface area contributed by atoms with Crippen LogP contribution in [0.5, 0.6) is 0 Å². The normalized spacial score (nSPS) is 12.7. The van der Waals surface area contributed by atoms with E-state index in [2.05, 4.69) is 6.58 Å². The van der Waals surface area contributed by atoms with Gasteiger partial charge in [-0.05, 0) is 24.5 Å². The highest BCUT2D eigenvalue weighted by Gasteiger charge is 1.98. The predicted octanol–water partition coefficient (Wildman–Crippen LogP) is 3.61. The van der Waals surface area contributed by atoms with E-state index in [1.54, 1.807) is 0 Å². The third kappa shape index (κ3) is 2.81. The van der Waals surface area contributed by atoms with E-state index in [9.17, 15) is 4.39 Å². The Hall–Kier alpha value is -0.590. The van der Waals surface area contributed by atoms with Crippen LogP contribution in [0.2, 0.25) is 0 Å². The molecule has 0 atom stereocenters. The minimum absolute atomic E-state index is 0.135. The Morgan fingerprint density at radius 2 is 2.10 bits per heavy atom. The molecule has 0 aromatic heterocycles. The van der Waals surface area contributed by atoms with Crippen LogP contribution in [-0.2, 0) is 0 Å². The molecule has 0 heterocycles. The van der Waals surface area contributed by atoms with Gasteiger partial charge < -0.3 is 0 Å². The zero-order valence-corrected chi connectivity index (χ0v) is 6.78. The number of allylic oxidation sites excluding steroid dienone is 3. The average molecular weight is 142 g/mol. The third-order valence-corrected chi connectivity index (χ3v) is 1.50. The molecule has 0 aromatic carbocycles. The topological polar surface area (TPSA) is 0 Å². The van der Waals surface area contributed by atoms with Crippen molar-refractivity contribution in [3.05, 3.63) is 24.1 Å². The van der Waals surface area contributed by atoms with Crippen molar-refractivity contribution >= 4 is 0 Å². The molecule has 0 radical (unpaired) electrons. The van der Waals surface area contributed by atoms with Gasteiger partial charge in [0.25, 0.3) is 0 Å². The van der Waals surface area contributed by atoms with Gasteiger partial charge in [-0.25, -0.2) is 4.39 Å². The molecule has 10 heavy (non-hydrogen) atoms. The van der Waals surface area contributed by atoms with Gasteiger partial charge in [-0.15, -0.1) is 0 Å². The summed E-state index contributed by atoms with van der Waals surface area (Å²) in [6.45, 7) is 7.39. The van der Waals surface area contributed by atoms with Crippen LogP contribution >= 0.6 is 0 Å². The monoisotopic (exact) mass is 142 g/mol. The minimum Gasteiger partial charge on any atom is -0.207 e. The molecule has 0 bridgehead atoms. The SMILES string of the molecule is C=C/C(F)=C(/CC)CCC. The van der Waals surface area contributed by atoms with Gasteiger partial charge in [-0.1, -0.05) is 26.8 Å². The summed E-state index contributed by atoms with van der Waals surface area (Å²) in [4.78, 5) is 0. The number of hydrogen-bond donors (Lipinski definition) is 0. The van der Waals surface area contributed by atoms with E-state index in [4.69, 9.17) is 0 Å². The van der Waals surface area contributed by atoms with Gasteiger partial charge in [0, 0.05) is 0 Å². The molecule has 0 rings (SSSR count). The lowest BCUT2D eigenvalue weighted by Gasteiger charge is -2.01. The van der Waals surface area contributed by atoms with Crippen molar-refractivity contribution in [1.29, 1.82) is 0 Å². The van der Waals surface area contributed by atoms with Gasteiger partial charge in [0.15, 0.2) is 0 Å². The van der Waals surface area contributed by atoms with Crippen LogP contribution in [0.25, 0.3) is 0 Å². The zero-order valence-electron chi connectivity index (χ0n) is 6.78. The lowest BCUT2D eigenvalue weighted by atomic mass is 10.1. The van der Waals surface area contributed by atoms with E-state index in [0.717, 1.165) is 24.8 Å². The highest BCUT2D eigenvalue weighted by Crippen LogP contribution is 2.16. The van der Waals surface area contributed by atoms with Crippen LogP contribution in [0.15, 0.2) is 24.1 Å². The molecule has 0 aromatic rings. The Morgan fingerprint density at radius 1 is 1.50 bits per heavy atom. The van der Waals surface area contributed by atoms with Crippen LogP contribution < -0.4 is 0 Å². The van der Waals surface area contributed by atoms with Crippen LogP contribution in [0.4, 0.5) is 4.39 Å². The van der Waals surface area contributed by atoms with Crippen molar-refractivity contribution in [1.82, 2.24) is 0 Å². The maximum atomic E-state index is 12.7. The van der Waals surface area contributed by atoms with Crippen molar-refractivity contribution in [2.24, 2.45) is 0 Å². The molecule has 0 unspecified atom stereocenters. The molecule has 0 nitrogen and oxygen atoms in total. The molecule has 0 aliphatic rings. The van der Waals surface area contributed by atoms with Crippen LogP contribution in [0.3, 0.4) is 0 Å². The summed E-state index contributed by atoms with van der Waals surface area (Å²) in [7, 11) is 0. The van der Waals surface area contributed by atoms with Gasteiger partial charge in [0.2, 0.25) is 0 Å². The summed E-state index contributed by atoms with van der Waals surface area (Å²) < 4.78 is 12.7. The summed E-state index contributed by atoms with van der Waals surface area (Å²) in [5.41, 5.74) is 0.887. The summed E-state index contributed by atoms with van der Waals surface area (Å²) >= 11 is 0. The average Bonchev–Trinajstić information content (AvgIpc) is 1.99. The van der Waals surface area contributed by atoms with Gasteiger partial charge >= 0.3 is 0 Å². The second kappa shape index (κ2) is 5.21. The first kappa shape index (κ1) is 9.41. The van der Waals surface area contributed by atoms with Crippen molar-refractivity contribution in [3.63, 3.8) is 0 Å². The molecule has 58 valence electrons. The number of hydrogen-bond acceptors (Lipinski definition) is 0. The van der Waals surface area contributed by atoms with E-state index in [1.165, 1.54) is 6.08 Å². The minimum atomic E-state index is -0.135. The Bertz CT molecular complexity index is 134. The molecule has 0 aliphatic heterocycles. The predicted molar refractivity (Wildman–Crippen MR) is 43.5 cm³/mol. The largest absolute Gasteiger partial charge is 0.207 e. The lowest BCUT2D eigenvalue weighted by molar-refractivity contribution is 0.634. The summed E-state index contributed by atoms with van der Waals surface area (Å²) in [5, 5.41) is 0. The van der Waals surface area contributed by atoms with Gasteiger partial charge in [-0.2, -0.15) is 0 Å². The fourth-order valence-corrected chi connectivity index (χ4v) is 0.911. The second-order valence-corrected chi connectivity index (χ2v) is 2.26. The lowest BCUT2D eigenvalue weighted by Crippen LogP contribution is -1.83. The van der Waals surface area contributed by atoms with Crippen molar-refractivity contribution in [2.75, 3.05) is 0 Å². The molecule has 0 amide bonds. The maximum absolute atomic E-state index is 12.7. The molecule has 0 saturated heterocycles. The molecule has 0 spiro atoms. The van der Waals surface area contributed by atoms with Crippen LogP contribution in [0, 0.1) is 0 Å². The first-order valence-electron chi connectivity index (χ1n) is 3.76. The quantitative estimate of drug-likeness (QED) is 0.526. The fourth-order valence-electron chi connectivity index (χ4n) is 0.911. The Labute approximate surface area is 62.4 Å². The van der Waals surface area contributed by atoms with E-state index in [1.807, 2.05) is 13.8 Å². The number of halogens is 1. The molecule has 0 aliphatic carbocycles. The first-order chi connectivity index (χ1) is 4.76. The van der Waals surface area contributed by atoms with Gasteiger partial charge in [-0.3, -0.25) is 0 Å². The van der Waals surface area contributed by atoms with Gasteiger partial charge in [0.1, 0.15) is 5.83 Å². The molecular weight excluding hydrogens is 127 g/mol. The van der Waals surface area contributed by atoms with Crippen LogP contribution in [-0.4, -0.2) is 0 Å². The Kier molecular flexibility index (Phi) is 4.91. The summed E-state index contributed by atoms with van der Waals surface area (Å²) in [6, 6.07) is 0. The highest BCUT2D eigenvalue weighted by molar-refractivity contribution is 5.16. The van der Waals surface area contributed by atoms with E-state index in [-0.39, 0.29) is 5.83 Å². The Morgan fingerprint density at radius 3 is 2.40 bits per heavy atom. The van der Waals surface area contributed by atoms with Crippen molar-refractivity contribution in [2.45, 2.75) is 33.1 Å². The van der Waals surface area contributed by atoms with Crippen LogP contribution in [0.1, 0.15) is 33.1 Å². The second-order valence-electron chi connectivity index (χ2n) is 2.26. The highest BCUT2D eigenvalue weighted by atomic mass is 19.1. The zero-order chi connectivity index (χ0) is 7.98. The van der Waals surface area contributed by atoms with E-state index < -0.39 is 0 Å². The molecule has 0 N–H and O–H groups in total. The summed E-state index contributed by atoms with van der Waals surface area (Å²) in [5.74, 6) is -0.135. The molecule has 1 heteroatoms. The molecule has 0 fully saturated rings. The maximum Gasteiger partial charge on any atom is 0.121 e. The first-order valence-corrected chi connectivity index (χ1v) is 3.76. The molecule has 0 saturated carbocycles. The standard InChI is InChI=1S/C9H15F/c1-4-7-8(5-2)9(10)6-3/h6H,3-5,7H2,1-2H3/b9-8+. The fraction of sp³-hybridized carbons (Fsp3) is 0.556. The van der Waals surface area contributed by atoms with Crippen molar-refractivity contribution < 1.29 is 4.39 Å². The number of rotatable bonds is 4. The van der Waals surface area contributed by atoms with Crippen molar-refractivity contribution in [3.8, 4) is 0 Å². The van der Waals surface area contributed by atoms with E-state index in [0.29, 0.717) is 0 Å². The van der Waals surface area contributed by atoms with Gasteiger partial charge in [0.05, 0.1) is 0 Å². The van der Waals surface area contributed by atoms with E-state index >= 15 is 0 Å². The Balaban J connectivity index is 4.13. The molecular formula is C9H15F. The smallest absolute Gasteiger partial charge is 0.121 e. The summed E-state index contributed by atoms with van der Waals surface area (Å²) in [6.07, 6.45) is 3.94.